The van der Waals surface area contributed by atoms with Gasteiger partial charge >= 0.3 is 0 Å². The smallest absolute Gasteiger partial charge is 0.134 e. The van der Waals surface area contributed by atoms with Gasteiger partial charge in [0.05, 0.1) is 0 Å². The van der Waals surface area contributed by atoms with Crippen molar-refractivity contribution in [1.29, 1.82) is 0 Å². The Kier molecular flexibility index (Phi) is 4.47. The number of rotatable bonds is 5. The molecule has 3 nitrogen and oxygen atoms in total. The minimum absolute atomic E-state index is 0.312. The first-order valence-corrected chi connectivity index (χ1v) is 6.25. The molecule has 0 spiro atoms. The highest BCUT2D eigenvalue weighted by Crippen LogP contribution is 2.24. The lowest BCUT2D eigenvalue weighted by Gasteiger charge is -2.13. The number of aromatic nitrogens is 1. The average Bonchev–Trinajstić information content (AvgIpc) is 2.38. The fourth-order valence-electron chi connectivity index (χ4n) is 1.62. The zero-order valence-electron chi connectivity index (χ0n) is 11.1. The van der Waals surface area contributed by atoms with Gasteiger partial charge in [-0.2, -0.15) is 0 Å². The number of halogens is 1. The zero-order valence-corrected chi connectivity index (χ0v) is 11.1. The van der Waals surface area contributed by atoms with E-state index in [9.17, 15) is 4.39 Å². The molecule has 100 valence electrons. The molecule has 2 aromatic rings. The summed E-state index contributed by atoms with van der Waals surface area (Å²) in [6.45, 7) is 4.81. The summed E-state index contributed by atoms with van der Waals surface area (Å²) in [5.74, 6) is 0.860. The van der Waals surface area contributed by atoms with E-state index in [1.54, 1.807) is 30.6 Å². The summed E-state index contributed by atoms with van der Waals surface area (Å²) in [6, 6.07) is 8.26. The van der Waals surface area contributed by atoms with E-state index >= 15 is 0 Å². The van der Waals surface area contributed by atoms with Gasteiger partial charge in [0.1, 0.15) is 17.3 Å². The molecule has 0 bridgehead atoms. The van der Waals surface area contributed by atoms with Gasteiger partial charge in [-0.3, -0.25) is 4.98 Å². The molecule has 1 aromatic carbocycles. The zero-order chi connectivity index (χ0) is 13.7. The minimum atomic E-state index is -0.312. The maximum absolute atomic E-state index is 13.1. The molecule has 0 aliphatic carbocycles. The first-order chi connectivity index (χ1) is 9.15. The molecule has 0 saturated heterocycles. The molecule has 1 N–H and O–H groups in total. The second-order valence-corrected chi connectivity index (χ2v) is 4.58. The number of benzene rings is 1. The van der Waals surface area contributed by atoms with Crippen LogP contribution in [-0.4, -0.2) is 11.0 Å². The molecular formula is C15H17FN2O. The van der Waals surface area contributed by atoms with Crippen LogP contribution in [0.4, 0.5) is 4.39 Å². The van der Waals surface area contributed by atoms with Gasteiger partial charge in [0.25, 0.3) is 0 Å². The fourth-order valence-corrected chi connectivity index (χ4v) is 1.62. The summed E-state index contributed by atoms with van der Waals surface area (Å²) in [6.07, 6.45) is 3.41. The Morgan fingerprint density at radius 1 is 1.32 bits per heavy atom. The number of ether oxygens (including phenoxy) is 1. The van der Waals surface area contributed by atoms with Crippen molar-refractivity contribution in [3.63, 3.8) is 0 Å². The maximum atomic E-state index is 13.1. The van der Waals surface area contributed by atoms with Crippen molar-refractivity contribution in [3.8, 4) is 11.5 Å². The van der Waals surface area contributed by atoms with E-state index in [1.165, 1.54) is 12.1 Å². The van der Waals surface area contributed by atoms with E-state index in [0.29, 0.717) is 24.1 Å². The van der Waals surface area contributed by atoms with Crippen LogP contribution < -0.4 is 10.1 Å². The highest BCUT2D eigenvalue weighted by Gasteiger charge is 2.06. The highest BCUT2D eigenvalue weighted by atomic mass is 19.1. The molecule has 0 fully saturated rings. The maximum Gasteiger partial charge on any atom is 0.134 e. The minimum Gasteiger partial charge on any atom is -0.457 e. The third-order valence-electron chi connectivity index (χ3n) is 2.58. The van der Waals surface area contributed by atoms with Crippen LogP contribution in [0, 0.1) is 5.82 Å². The van der Waals surface area contributed by atoms with Crippen LogP contribution in [0.5, 0.6) is 11.5 Å². The van der Waals surface area contributed by atoms with Crippen molar-refractivity contribution in [2.75, 3.05) is 0 Å². The molecule has 1 aromatic heterocycles. The van der Waals surface area contributed by atoms with Crippen LogP contribution in [0.2, 0.25) is 0 Å². The summed E-state index contributed by atoms with van der Waals surface area (Å²) in [5, 5.41) is 3.31. The highest BCUT2D eigenvalue weighted by molar-refractivity contribution is 5.35. The van der Waals surface area contributed by atoms with Crippen molar-refractivity contribution in [2.24, 2.45) is 0 Å². The van der Waals surface area contributed by atoms with Crippen LogP contribution >= 0.6 is 0 Å². The Hall–Kier alpha value is -1.94. The molecule has 0 aliphatic rings. The van der Waals surface area contributed by atoms with E-state index in [4.69, 9.17) is 4.74 Å². The van der Waals surface area contributed by atoms with Crippen LogP contribution in [0.1, 0.15) is 19.4 Å². The first kappa shape index (κ1) is 13.5. The summed E-state index contributed by atoms with van der Waals surface area (Å²) in [7, 11) is 0. The largest absolute Gasteiger partial charge is 0.457 e. The van der Waals surface area contributed by atoms with E-state index in [0.717, 1.165) is 5.56 Å². The van der Waals surface area contributed by atoms with Crippen LogP contribution in [0.3, 0.4) is 0 Å². The Morgan fingerprint density at radius 3 is 2.89 bits per heavy atom. The van der Waals surface area contributed by atoms with E-state index < -0.39 is 0 Å². The average molecular weight is 260 g/mol. The fraction of sp³-hybridized carbons (Fsp3) is 0.267. The molecule has 0 radical (unpaired) electrons. The van der Waals surface area contributed by atoms with E-state index in [-0.39, 0.29) is 5.82 Å². The molecule has 0 atom stereocenters. The van der Waals surface area contributed by atoms with Crippen LogP contribution in [0.25, 0.3) is 0 Å². The van der Waals surface area contributed by atoms with Gasteiger partial charge in [-0.05, 0) is 18.2 Å². The lowest BCUT2D eigenvalue weighted by Crippen LogP contribution is -2.22. The topological polar surface area (TPSA) is 34.2 Å². The second kappa shape index (κ2) is 6.29. The third-order valence-corrected chi connectivity index (χ3v) is 2.58. The van der Waals surface area contributed by atoms with Gasteiger partial charge in [-0.25, -0.2) is 4.39 Å². The van der Waals surface area contributed by atoms with Gasteiger partial charge < -0.3 is 10.1 Å². The Bertz CT molecular complexity index is 543. The SMILES string of the molecule is CC(C)NCc1cnccc1Oc1cccc(F)c1. The van der Waals surface area contributed by atoms with Gasteiger partial charge in [-0.15, -0.1) is 0 Å². The standard InChI is InChI=1S/C15H17FN2O/c1-11(2)18-10-12-9-17-7-6-15(12)19-14-5-3-4-13(16)8-14/h3-9,11,18H,10H2,1-2H3. The third kappa shape index (κ3) is 4.03. The molecule has 4 heteroatoms. The molecule has 0 saturated carbocycles. The summed E-state index contributed by atoms with van der Waals surface area (Å²) in [5.41, 5.74) is 0.945. The van der Waals surface area contributed by atoms with Crippen molar-refractivity contribution in [3.05, 3.63) is 54.1 Å². The predicted molar refractivity (Wildman–Crippen MR) is 72.7 cm³/mol. The molecule has 0 aliphatic heterocycles. The molecule has 2 rings (SSSR count). The van der Waals surface area contributed by atoms with Crippen molar-refractivity contribution >= 4 is 0 Å². The van der Waals surface area contributed by atoms with Gasteiger partial charge in [0.2, 0.25) is 0 Å². The lowest BCUT2D eigenvalue weighted by atomic mass is 10.2. The number of nitrogens with zero attached hydrogens (tertiary/aromatic N) is 1. The van der Waals surface area contributed by atoms with Crippen molar-refractivity contribution in [2.45, 2.75) is 26.4 Å². The van der Waals surface area contributed by atoms with Crippen molar-refractivity contribution in [1.82, 2.24) is 10.3 Å². The van der Waals surface area contributed by atoms with Gasteiger partial charge in [0, 0.05) is 36.6 Å². The van der Waals surface area contributed by atoms with Crippen molar-refractivity contribution < 1.29 is 9.13 Å². The summed E-state index contributed by atoms with van der Waals surface area (Å²) >= 11 is 0. The second-order valence-electron chi connectivity index (χ2n) is 4.58. The predicted octanol–water partition coefficient (Wildman–Crippen LogP) is 3.51. The molecule has 0 unspecified atom stereocenters. The normalized spacial score (nSPS) is 10.7. The van der Waals surface area contributed by atoms with Crippen LogP contribution in [-0.2, 0) is 6.54 Å². The Morgan fingerprint density at radius 2 is 2.16 bits per heavy atom. The molecule has 1 heterocycles. The molecule has 19 heavy (non-hydrogen) atoms. The first-order valence-electron chi connectivity index (χ1n) is 6.25. The number of pyridine rings is 1. The van der Waals surface area contributed by atoms with E-state index in [1.807, 2.05) is 0 Å². The number of hydrogen-bond acceptors (Lipinski definition) is 3. The summed E-state index contributed by atoms with van der Waals surface area (Å²) in [4.78, 5) is 4.09. The molecule has 0 amide bonds. The molecular weight excluding hydrogens is 243 g/mol. The Balaban J connectivity index is 2.15. The summed E-state index contributed by atoms with van der Waals surface area (Å²) < 4.78 is 18.8. The monoisotopic (exact) mass is 260 g/mol. The van der Waals surface area contributed by atoms with E-state index in [2.05, 4.69) is 24.1 Å². The lowest BCUT2D eigenvalue weighted by molar-refractivity contribution is 0.463. The quantitative estimate of drug-likeness (QED) is 0.893. The number of nitrogens with one attached hydrogen (secondary N) is 1. The van der Waals surface area contributed by atoms with Gasteiger partial charge in [0.15, 0.2) is 0 Å². The Labute approximate surface area is 112 Å². The van der Waals surface area contributed by atoms with Gasteiger partial charge in [-0.1, -0.05) is 19.9 Å². The van der Waals surface area contributed by atoms with Crippen LogP contribution in [0.15, 0.2) is 42.7 Å². The number of hydrogen-bond donors (Lipinski definition) is 1.